The van der Waals surface area contributed by atoms with E-state index in [2.05, 4.69) is 34.7 Å². The predicted octanol–water partition coefficient (Wildman–Crippen LogP) is 6.48. The summed E-state index contributed by atoms with van der Waals surface area (Å²) in [4.78, 5) is 14.7. The van der Waals surface area contributed by atoms with Crippen LogP contribution in [-0.4, -0.2) is 38.6 Å². The van der Waals surface area contributed by atoms with E-state index in [0.717, 1.165) is 20.4 Å². The Morgan fingerprint density at radius 3 is 2.29 bits per heavy atom. The minimum absolute atomic E-state index is 0.0581. The normalized spacial score (nSPS) is 19.5. The molecule has 1 fully saturated rings. The fraction of sp³-hybridized carbons (Fsp3) is 0.233. The van der Waals surface area contributed by atoms with Crippen molar-refractivity contribution >= 4 is 44.4 Å². The van der Waals surface area contributed by atoms with Gasteiger partial charge in [0.2, 0.25) is 0 Å². The molecule has 1 aliphatic carbocycles. The van der Waals surface area contributed by atoms with E-state index in [0.29, 0.717) is 25.1 Å². The number of anilines is 1. The van der Waals surface area contributed by atoms with Gasteiger partial charge in [-0.1, -0.05) is 72.3 Å². The summed E-state index contributed by atoms with van der Waals surface area (Å²) >= 11 is 2.28. The average Bonchev–Trinajstić information content (AvgIpc) is 3.28. The number of hydrogen-bond donors (Lipinski definition) is 0. The minimum Gasteiger partial charge on any atom is -0.447 e. The highest BCUT2D eigenvalue weighted by molar-refractivity contribution is 14.1. The summed E-state index contributed by atoms with van der Waals surface area (Å²) in [6.07, 6.45) is 4.95. The Morgan fingerprint density at radius 2 is 1.63 bits per heavy atom. The summed E-state index contributed by atoms with van der Waals surface area (Å²) in [6.45, 7) is 2.56. The number of amides is 1. The number of benzene rings is 3. The van der Waals surface area contributed by atoms with Gasteiger partial charge >= 0.3 is 6.09 Å². The number of allylic oxidation sites excluding steroid dienone is 2. The van der Waals surface area contributed by atoms with E-state index in [1.807, 2.05) is 79.7 Å². The molecule has 0 radical (unpaired) electrons. The standard InChI is InChI=1S/C30H29IN2O4S/c1-22-12-15-27(16-13-22)38(35,36)32(25-10-6-3-7-11-25)20-24-14-17-29(28(31)19-24)33-26(21-37-30(33)34)18-23-8-4-2-5-9-23/h2-17,24,26H,18-21H2,1H3/t24-,26-/m1/s1. The fourth-order valence-corrected chi connectivity index (χ4v) is 7.36. The van der Waals surface area contributed by atoms with Crippen molar-refractivity contribution in [1.82, 2.24) is 4.90 Å². The molecule has 3 aromatic carbocycles. The zero-order chi connectivity index (χ0) is 26.7. The molecule has 0 bridgehead atoms. The molecule has 0 saturated carbocycles. The number of para-hydroxylation sites is 1. The molecule has 1 heterocycles. The van der Waals surface area contributed by atoms with Crippen LogP contribution < -0.4 is 4.31 Å². The number of halogens is 1. The van der Waals surface area contributed by atoms with Crippen molar-refractivity contribution in [3.63, 3.8) is 0 Å². The second kappa shape index (κ2) is 11.3. The Morgan fingerprint density at radius 1 is 0.974 bits per heavy atom. The van der Waals surface area contributed by atoms with Gasteiger partial charge in [0.25, 0.3) is 10.0 Å². The van der Waals surface area contributed by atoms with Gasteiger partial charge in [0.1, 0.15) is 6.61 Å². The Bertz CT molecular complexity index is 1460. The zero-order valence-corrected chi connectivity index (χ0v) is 24.0. The summed E-state index contributed by atoms with van der Waals surface area (Å²) in [5, 5.41) is 0. The number of carbonyl (C=O) groups is 1. The van der Waals surface area contributed by atoms with E-state index >= 15 is 0 Å². The fourth-order valence-electron chi connectivity index (χ4n) is 4.84. The zero-order valence-electron chi connectivity index (χ0n) is 21.0. The number of aryl methyl sites for hydroxylation is 1. The topological polar surface area (TPSA) is 66.9 Å². The van der Waals surface area contributed by atoms with Crippen molar-refractivity contribution < 1.29 is 17.9 Å². The first-order valence-corrected chi connectivity index (χ1v) is 15.1. The molecule has 0 aromatic heterocycles. The summed E-state index contributed by atoms with van der Waals surface area (Å²) < 4.78 is 35.4. The lowest BCUT2D eigenvalue weighted by Gasteiger charge is -2.31. The Hall–Kier alpha value is -3.11. The number of sulfonamides is 1. The van der Waals surface area contributed by atoms with Crippen LogP contribution in [0.4, 0.5) is 10.5 Å². The number of ether oxygens (including phenoxy) is 1. The lowest BCUT2D eigenvalue weighted by atomic mass is 9.97. The molecular formula is C30H29IN2O4S. The molecule has 1 aliphatic heterocycles. The number of cyclic esters (lactones) is 1. The van der Waals surface area contributed by atoms with Gasteiger partial charge in [0, 0.05) is 16.0 Å². The molecule has 196 valence electrons. The quantitative estimate of drug-likeness (QED) is 0.265. The molecule has 1 amide bonds. The highest BCUT2D eigenvalue weighted by Crippen LogP contribution is 2.36. The largest absolute Gasteiger partial charge is 0.447 e. The van der Waals surface area contributed by atoms with Crippen LogP contribution in [0.25, 0.3) is 0 Å². The first-order chi connectivity index (χ1) is 18.3. The molecule has 0 spiro atoms. The summed E-state index contributed by atoms with van der Waals surface area (Å²) in [5.74, 6) is -0.0581. The molecule has 0 unspecified atom stereocenters. The molecule has 2 atom stereocenters. The van der Waals surface area contributed by atoms with Crippen molar-refractivity contribution in [3.05, 3.63) is 117 Å². The summed E-state index contributed by atoms with van der Waals surface area (Å²) in [5.41, 5.74) is 3.60. The number of nitrogens with zero attached hydrogens (tertiary/aromatic N) is 2. The van der Waals surface area contributed by atoms with Crippen LogP contribution in [0.15, 0.2) is 111 Å². The van der Waals surface area contributed by atoms with Gasteiger partial charge in [-0.05, 0) is 78.3 Å². The van der Waals surface area contributed by atoms with Gasteiger partial charge in [-0.3, -0.25) is 9.21 Å². The smallest absolute Gasteiger partial charge is 0.414 e. The molecular weight excluding hydrogens is 611 g/mol. The third kappa shape index (κ3) is 5.66. The minimum atomic E-state index is -3.77. The van der Waals surface area contributed by atoms with Crippen molar-refractivity contribution in [2.45, 2.75) is 30.7 Å². The van der Waals surface area contributed by atoms with Crippen LogP contribution in [0.3, 0.4) is 0 Å². The molecule has 3 aromatic rings. The molecule has 0 N–H and O–H groups in total. The van der Waals surface area contributed by atoms with Crippen LogP contribution in [0, 0.1) is 12.8 Å². The van der Waals surface area contributed by atoms with E-state index in [-0.39, 0.29) is 29.5 Å². The lowest BCUT2D eigenvalue weighted by molar-refractivity contribution is 0.164. The third-order valence-corrected chi connectivity index (χ3v) is 9.63. The second-order valence-electron chi connectivity index (χ2n) is 9.59. The van der Waals surface area contributed by atoms with E-state index in [1.165, 1.54) is 4.31 Å². The highest BCUT2D eigenvalue weighted by Gasteiger charge is 2.37. The van der Waals surface area contributed by atoms with E-state index in [1.54, 1.807) is 17.0 Å². The van der Waals surface area contributed by atoms with Crippen molar-refractivity contribution in [1.29, 1.82) is 0 Å². The number of hydrogen-bond acceptors (Lipinski definition) is 4. The maximum absolute atomic E-state index is 13.8. The van der Waals surface area contributed by atoms with Gasteiger partial charge in [-0.25, -0.2) is 13.2 Å². The van der Waals surface area contributed by atoms with Crippen molar-refractivity contribution in [2.24, 2.45) is 5.92 Å². The van der Waals surface area contributed by atoms with Gasteiger partial charge in [0.05, 0.1) is 22.3 Å². The molecule has 8 heteroatoms. The SMILES string of the molecule is Cc1ccc(S(=O)(=O)N(C[C@@H]2C=CC(N3C(=O)OC[C@H]3Cc3ccccc3)=C(I)C2)c2ccccc2)cc1. The first-order valence-electron chi connectivity index (χ1n) is 12.5. The van der Waals surface area contributed by atoms with E-state index in [4.69, 9.17) is 4.74 Å². The first kappa shape index (κ1) is 26.5. The van der Waals surface area contributed by atoms with Crippen molar-refractivity contribution in [2.75, 3.05) is 17.5 Å². The molecule has 38 heavy (non-hydrogen) atoms. The summed E-state index contributed by atoms with van der Waals surface area (Å²) in [7, 11) is -3.77. The molecule has 6 nitrogen and oxygen atoms in total. The van der Waals surface area contributed by atoms with Crippen molar-refractivity contribution in [3.8, 4) is 0 Å². The Labute approximate surface area is 237 Å². The maximum atomic E-state index is 13.8. The van der Waals surface area contributed by atoms with Gasteiger partial charge in [-0.15, -0.1) is 0 Å². The third-order valence-electron chi connectivity index (χ3n) is 6.83. The Kier molecular flexibility index (Phi) is 7.90. The van der Waals surface area contributed by atoms with E-state index in [9.17, 15) is 13.2 Å². The van der Waals surface area contributed by atoms with Crippen LogP contribution in [0.1, 0.15) is 17.5 Å². The lowest BCUT2D eigenvalue weighted by Crippen LogP contribution is -2.37. The predicted molar refractivity (Wildman–Crippen MR) is 158 cm³/mol. The van der Waals surface area contributed by atoms with Gasteiger partial charge in [0.15, 0.2) is 0 Å². The van der Waals surface area contributed by atoms with Crippen LogP contribution in [0.2, 0.25) is 0 Å². The average molecular weight is 641 g/mol. The molecule has 5 rings (SSSR count). The maximum Gasteiger partial charge on any atom is 0.414 e. The van der Waals surface area contributed by atoms with Crippen LogP contribution in [-0.2, 0) is 21.2 Å². The second-order valence-corrected chi connectivity index (χ2v) is 12.8. The molecule has 1 saturated heterocycles. The summed E-state index contributed by atoms with van der Waals surface area (Å²) in [6, 6.07) is 26.1. The van der Waals surface area contributed by atoms with Gasteiger partial charge in [-0.2, -0.15) is 0 Å². The Balaban J connectivity index is 1.38. The van der Waals surface area contributed by atoms with Gasteiger partial charge < -0.3 is 4.74 Å². The van der Waals surface area contributed by atoms with Crippen LogP contribution >= 0.6 is 22.6 Å². The monoisotopic (exact) mass is 640 g/mol. The number of rotatable bonds is 8. The van der Waals surface area contributed by atoms with E-state index < -0.39 is 10.0 Å². The molecule has 2 aliphatic rings. The van der Waals surface area contributed by atoms with Crippen LogP contribution in [0.5, 0.6) is 0 Å². The highest BCUT2D eigenvalue weighted by atomic mass is 127. The number of carbonyl (C=O) groups excluding carboxylic acids is 1.